The summed E-state index contributed by atoms with van der Waals surface area (Å²) in [6, 6.07) is 5.47. The first-order valence-corrected chi connectivity index (χ1v) is 8.14. The van der Waals surface area contributed by atoms with Crippen LogP contribution in [0, 0.1) is 11.7 Å². The van der Waals surface area contributed by atoms with E-state index in [-0.39, 0.29) is 11.4 Å². The zero-order valence-electron chi connectivity index (χ0n) is 13.9. The van der Waals surface area contributed by atoms with Gasteiger partial charge in [0.25, 0.3) is 0 Å². The van der Waals surface area contributed by atoms with Crippen molar-refractivity contribution in [3.05, 3.63) is 29.6 Å². The number of halogens is 1. The number of hydrogen-bond acceptors (Lipinski definition) is 2. The number of anilines is 1. The molecule has 1 N–H and O–H groups in total. The molecule has 118 valence electrons. The van der Waals surface area contributed by atoms with E-state index in [2.05, 4.69) is 44.0 Å². The van der Waals surface area contributed by atoms with Crippen molar-refractivity contribution in [2.75, 3.05) is 18.0 Å². The van der Waals surface area contributed by atoms with Crippen LogP contribution in [0.1, 0.15) is 52.5 Å². The first-order chi connectivity index (χ1) is 9.87. The molecule has 21 heavy (non-hydrogen) atoms. The van der Waals surface area contributed by atoms with E-state index in [1.54, 1.807) is 6.07 Å². The van der Waals surface area contributed by atoms with Crippen LogP contribution in [0.15, 0.2) is 18.2 Å². The van der Waals surface area contributed by atoms with Crippen LogP contribution in [0.5, 0.6) is 0 Å². The topological polar surface area (TPSA) is 15.3 Å². The van der Waals surface area contributed by atoms with Crippen molar-refractivity contribution in [1.82, 2.24) is 5.32 Å². The molecule has 1 fully saturated rings. The average Bonchev–Trinajstić information content (AvgIpc) is 2.61. The van der Waals surface area contributed by atoms with Gasteiger partial charge in [-0.25, -0.2) is 4.39 Å². The fourth-order valence-corrected chi connectivity index (χ4v) is 2.88. The third-order valence-corrected chi connectivity index (χ3v) is 4.25. The van der Waals surface area contributed by atoms with Crippen molar-refractivity contribution in [3.8, 4) is 0 Å². The molecule has 0 amide bonds. The highest BCUT2D eigenvalue weighted by atomic mass is 19.1. The molecule has 0 saturated carbocycles. The molecular formula is C18H29FN2. The van der Waals surface area contributed by atoms with Gasteiger partial charge in [-0.3, -0.25) is 0 Å². The van der Waals surface area contributed by atoms with E-state index >= 15 is 0 Å². The number of hydrogen-bond donors (Lipinski definition) is 1. The van der Waals surface area contributed by atoms with Gasteiger partial charge in [0.1, 0.15) is 5.82 Å². The number of benzene rings is 1. The van der Waals surface area contributed by atoms with Crippen LogP contribution in [0.2, 0.25) is 0 Å². The third-order valence-electron chi connectivity index (χ3n) is 4.25. The van der Waals surface area contributed by atoms with Gasteiger partial charge in [0, 0.05) is 36.4 Å². The Bertz CT molecular complexity index is 465. The third kappa shape index (κ3) is 4.70. The van der Waals surface area contributed by atoms with E-state index < -0.39 is 0 Å². The molecule has 0 aliphatic carbocycles. The van der Waals surface area contributed by atoms with Crippen molar-refractivity contribution in [2.45, 2.75) is 59.0 Å². The molecule has 3 heteroatoms. The summed E-state index contributed by atoms with van der Waals surface area (Å²) in [5.41, 5.74) is 1.87. The molecule has 2 rings (SSSR count). The Kier molecular flexibility index (Phi) is 5.26. The summed E-state index contributed by atoms with van der Waals surface area (Å²) in [6.45, 7) is 11.3. The van der Waals surface area contributed by atoms with Crippen LogP contribution < -0.4 is 10.2 Å². The molecule has 1 unspecified atom stereocenters. The second kappa shape index (κ2) is 6.78. The highest BCUT2D eigenvalue weighted by Crippen LogP contribution is 2.27. The lowest BCUT2D eigenvalue weighted by Crippen LogP contribution is -2.36. The van der Waals surface area contributed by atoms with Crippen molar-refractivity contribution in [1.29, 1.82) is 0 Å². The Morgan fingerprint density at radius 2 is 2.00 bits per heavy atom. The maximum atomic E-state index is 14.3. The highest BCUT2D eigenvalue weighted by Gasteiger charge is 2.19. The lowest BCUT2D eigenvalue weighted by molar-refractivity contribution is 0.418. The van der Waals surface area contributed by atoms with Gasteiger partial charge in [0.15, 0.2) is 0 Å². The van der Waals surface area contributed by atoms with Crippen molar-refractivity contribution < 1.29 is 4.39 Å². The van der Waals surface area contributed by atoms with Gasteiger partial charge in [-0.15, -0.1) is 0 Å². The van der Waals surface area contributed by atoms with Crippen LogP contribution in [0.25, 0.3) is 0 Å². The maximum Gasteiger partial charge on any atom is 0.129 e. The maximum absolute atomic E-state index is 14.3. The summed E-state index contributed by atoms with van der Waals surface area (Å²) in [7, 11) is 0. The highest BCUT2D eigenvalue weighted by molar-refractivity contribution is 5.54. The summed E-state index contributed by atoms with van der Waals surface area (Å²) in [4.78, 5) is 2.37. The van der Waals surface area contributed by atoms with E-state index in [0.29, 0.717) is 6.54 Å². The summed E-state index contributed by atoms with van der Waals surface area (Å²) < 4.78 is 14.3. The molecule has 1 aromatic rings. The fraction of sp³-hybridized carbons (Fsp3) is 0.667. The second-order valence-corrected chi connectivity index (χ2v) is 7.36. The molecule has 2 nitrogen and oxygen atoms in total. The summed E-state index contributed by atoms with van der Waals surface area (Å²) in [6.07, 6.45) is 3.67. The van der Waals surface area contributed by atoms with Gasteiger partial charge in [0.05, 0.1) is 0 Å². The SMILES string of the molecule is CC1CCCN(c2cccc(F)c2CNC(C)(C)C)CC1. The molecule has 0 bridgehead atoms. The Balaban J connectivity index is 2.20. The molecule has 0 radical (unpaired) electrons. The number of rotatable bonds is 3. The van der Waals surface area contributed by atoms with Gasteiger partial charge in [-0.2, -0.15) is 0 Å². The standard InChI is InChI=1S/C18H29FN2/c1-14-7-6-11-21(12-10-14)17-9-5-8-16(19)15(17)13-20-18(2,3)4/h5,8-9,14,20H,6-7,10-13H2,1-4H3. The summed E-state index contributed by atoms with van der Waals surface area (Å²) in [5.74, 6) is 0.682. The van der Waals surface area contributed by atoms with E-state index in [1.807, 2.05) is 6.07 Å². The predicted octanol–water partition coefficient (Wildman–Crippen LogP) is 4.34. The Morgan fingerprint density at radius 1 is 1.24 bits per heavy atom. The molecule has 1 aliphatic heterocycles. The summed E-state index contributed by atoms with van der Waals surface area (Å²) in [5, 5.41) is 3.42. The molecular weight excluding hydrogens is 263 g/mol. The first kappa shape index (κ1) is 16.3. The van der Waals surface area contributed by atoms with Crippen molar-refractivity contribution in [3.63, 3.8) is 0 Å². The van der Waals surface area contributed by atoms with Crippen LogP contribution in [-0.2, 0) is 6.54 Å². The first-order valence-electron chi connectivity index (χ1n) is 8.14. The van der Waals surface area contributed by atoms with E-state index in [4.69, 9.17) is 0 Å². The minimum atomic E-state index is -0.0958. The minimum absolute atomic E-state index is 0.00709. The van der Waals surface area contributed by atoms with E-state index in [0.717, 1.165) is 30.3 Å². The van der Waals surface area contributed by atoms with E-state index in [1.165, 1.54) is 19.3 Å². The quantitative estimate of drug-likeness (QED) is 0.891. The van der Waals surface area contributed by atoms with Crippen LogP contribution in [0.3, 0.4) is 0 Å². The van der Waals surface area contributed by atoms with Crippen LogP contribution >= 0.6 is 0 Å². The van der Waals surface area contributed by atoms with Crippen molar-refractivity contribution in [2.24, 2.45) is 5.92 Å². The smallest absolute Gasteiger partial charge is 0.129 e. The molecule has 1 aliphatic rings. The molecule has 0 spiro atoms. The molecule has 1 saturated heterocycles. The lowest BCUT2D eigenvalue weighted by atomic mass is 10.0. The monoisotopic (exact) mass is 292 g/mol. The van der Waals surface area contributed by atoms with Crippen LogP contribution in [-0.4, -0.2) is 18.6 Å². The van der Waals surface area contributed by atoms with Crippen molar-refractivity contribution >= 4 is 5.69 Å². The van der Waals surface area contributed by atoms with Gasteiger partial charge in [-0.1, -0.05) is 13.0 Å². The summed E-state index contributed by atoms with van der Waals surface area (Å²) >= 11 is 0. The molecule has 1 atom stereocenters. The number of nitrogens with one attached hydrogen (secondary N) is 1. The lowest BCUT2D eigenvalue weighted by Gasteiger charge is -2.28. The number of nitrogens with zero attached hydrogens (tertiary/aromatic N) is 1. The predicted molar refractivity (Wildman–Crippen MR) is 88.2 cm³/mol. The fourth-order valence-electron chi connectivity index (χ4n) is 2.88. The van der Waals surface area contributed by atoms with Gasteiger partial charge in [0.2, 0.25) is 0 Å². The van der Waals surface area contributed by atoms with Crippen LogP contribution in [0.4, 0.5) is 10.1 Å². The molecule has 0 aromatic heterocycles. The minimum Gasteiger partial charge on any atom is -0.371 e. The van der Waals surface area contributed by atoms with Gasteiger partial charge in [-0.05, 0) is 58.1 Å². The molecule has 1 aromatic carbocycles. The second-order valence-electron chi connectivity index (χ2n) is 7.36. The van der Waals surface area contributed by atoms with Gasteiger partial charge >= 0.3 is 0 Å². The Morgan fingerprint density at radius 3 is 2.71 bits per heavy atom. The van der Waals surface area contributed by atoms with E-state index in [9.17, 15) is 4.39 Å². The molecule has 1 heterocycles. The largest absolute Gasteiger partial charge is 0.371 e. The zero-order chi connectivity index (χ0) is 15.5. The zero-order valence-corrected chi connectivity index (χ0v) is 13.9. The normalized spacial score (nSPS) is 20.4. The Labute approximate surface area is 128 Å². The Hall–Kier alpha value is -1.09. The average molecular weight is 292 g/mol. The van der Waals surface area contributed by atoms with Gasteiger partial charge < -0.3 is 10.2 Å².